The maximum Gasteiger partial charge on any atom is 0.294 e. The average Bonchev–Trinajstić information content (AvgIpc) is 3.19. The van der Waals surface area contributed by atoms with Crippen LogP contribution in [-0.4, -0.2) is 45.0 Å². The first-order valence-corrected chi connectivity index (χ1v) is 11.8. The number of rotatable bonds is 5. The van der Waals surface area contributed by atoms with Crippen LogP contribution in [0.15, 0.2) is 49.9 Å². The number of sulfonamides is 1. The normalized spacial score (nSPS) is 17.7. The molecule has 1 saturated heterocycles. The lowest BCUT2D eigenvalue weighted by atomic mass is 10.2. The Morgan fingerprint density at radius 3 is 2.39 bits per heavy atom. The standard InChI is InChI=1S/C18H18ClN3O3S3/c1-4-22-17(23)14(11-12-5-7-13(8-6-12)21(2)3)26-18(22)20-28(24,25)16-10-9-15(19)27-16/h5-11H,4H2,1-3H3. The maximum atomic E-state index is 12.7. The van der Waals surface area contributed by atoms with Crippen molar-refractivity contribution in [2.24, 2.45) is 4.40 Å². The molecular weight excluding hydrogens is 438 g/mol. The van der Waals surface area contributed by atoms with Crippen molar-refractivity contribution in [2.45, 2.75) is 11.1 Å². The second-order valence-corrected chi connectivity index (χ2v) is 10.6. The molecule has 0 bridgehead atoms. The minimum Gasteiger partial charge on any atom is -0.378 e. The second-order valence-electron chi connectivity index (χ2n) is 6.05. The lowest BCUT2D eigenvalue weighted by molar-refractivity contribution is -0.122. The summed E-state index contributed by atoms with van der Waals surface area (Å²) in [6, 6.07) is 10.6. The van der Waals surface area contributed by atoms with E-state index >= 15 is 0 Å². The van der Waals surface area contributed by atoms with Crippen LogP contribution in [0.25, 0.3) is 6.08 Å². The fraction of sp³-hybridized carbons (Fsp3) is 0.222. The highest BCUT2D eigenvalue weighted by Gasteiger charge is 2.34. The summed E-state index contributed by atoms with van der Waals surface area (Å²) in [5, 5.41) is 0.146. The zero-order chi connectivity index (χ0) is 20.5. The van der Waals surface area contributed by atoms with Gasteiger partial charge in [-0.2, -0.15) is 8.42 Å². The van der Waals surface area contributed by atoms with Gasteiger partial charge in [-0.1, -0.05) is 23.7 Å². The fourth-order valence-corrected chi connectivity index (χ4v) is 6.16. The smallest absolute Gasteiger partial charge is 0.294 e. The van der Waals surface area contributed by atoms with Crippen molar-refractivity contribution in [3.63, 3.8) is 0 Å². The van der Waals surface area contributed by atoms with Crippen LogP contribution in [0.1, 0.15) is 12.5 Å². The van der Waals surface area contributed by atoms with E-state index in [0.29, 0.717) is 15.8 Å². The Balaban J connectivity index is 1.92. The van der Waals surface area contributed by atoms with Crippen LogP contribution < -0.4 is 4.90 Å². The number of anilines is 1. The number of halogens is 1. The number of thiophene rings is 1. The van der Waals surface area contributed by atoms with E-state index in [-0.39, 0.29) is 15.3 Å². The molecule has 148 valence electrons. The zero-order valence-electron chi connectivity index (χ0n) is 15.4. The van der Waals surface area contributed by atoms with Gasteiger partial charge in [0, 0.05) is 26.3 Å². The number of nitrogens with zero attached hydrogens (tertiary/aromatic N) is 3. The highest BCUT2D eigenvalue weighted by molar-refractivity contribution is 8.19. The van der Waals surface area contributed by atoms with Crippen molar-refractivity contribution in [1.29, 1.82) is 0 Å². The van der Waals surface area contributed by atoms with Crippen molar-refractivity contribution < 1.29 is 13.2 Å². The molecule has 0 radical (unpaired) electrons. The Kier molecular flexibility index (Phi) is 6.18. The van der Waals surface area contributed by atoms with Gasteiger partial charge in [0.25, 0.3) is 15.9 Å². The van der Waals surface area contributed by atoms with Crippen molar-refractivity contribution in [3.05, 3.63) is 51.2 Å². The van der Waals surface area contributed by atoms with Gasteiger partial charge < -0.3 is 4.90 Å². The van der Waals surface area contributed by atoms with Gasteiger partial charge >= 0.3 is 0 Å². The van der Waals surface area contributed by atoms with Gasteiger partial charge in [0.2, 0.25) is 0 Å². The summed E-state index contributed by atoms with van der Waals surface area (Å²) in [5.41, 5.74) is 1.90. The number of thioether (sulfide) groups is 1. The minimum absolute atomic E-state index is 0.0470. The highest BCUT2D eigenvalue weighted by atomic mass is 35.5. The van der Waals surface area contributed by atoms with E-state index in [2.05, 4.69) is 4.40 Å². The molecule has 10 heteroatoms. The average molecular weight is 456 g/mol. The molecule has 1 aliphatic rings. The van der Waals surface area contributed by atoms with Crippen molar-refractivity contribution >= 4 is 67.6 Å². The lowest BCUT2D eigenvalue weighted by Crippen LogP contribution is -2.29. The number of amides is 1. The SMILES string of the molecule is CCN1C(=O)C(=Cc2ccc(N(C)C)cc2)SC1=NS(=O)(=O)c1ccc(Cl)s1. The lowest BCUT2D eigenvalue weighted by Gasteiger charge is -2.12. The van der Waals surface area contributed by atoms with Gasteiger partial charge in [-0.05, 0) is 54.6 Å². The number of amidine groups is 1. The van der Waals surface area contributed by atoms with E-state index < -0.39 is 10.0 Å². The number of likely N-dealkylation sites (N-methyl/N-ethyl adjacent to an activating group) is 1. The molecular formula is C18H18ClN3O3S3. The summed E-state index contributed by atoms with van der Waals surface area (Å²) in [6.07, 6.45) is 1.74. The summed E-state index contributed by atoms with van der Waals surface area (Å²) in [4.78, 5) is 16.5. The molecule has 1 aliphatic heterocycles. The fourth-order valence-electron chi connectivity index (χ4n) is 2.46. The van der Waals surface area contributed by atoms with Crippen molar-refractivity contribution in [1.82, 2.24) is 4.90 Å². The van der Waals surface area contributed by atoms with E-state index in [1.807, 2.05) is 43.3 Å². The predicted molar refractivity (Wildman–Crippen MR) is 118 cm³/mol. The third kappa shape index (κ3) is 4.43. The molecule has 28 heavy (non-hydrogen) atoms. The quantitative estimate of drug-likeness (QED) is 0.633. The van der Waals surface area contributed by atoms with Crippen LogP contribution in [0.4, 0.5) is 5.69 Å². The summed E-state index contributed by atoms with van der Waals surface area (Å²) in [7, 11) is -0.0236. The molecule has 2 heterocycles. The van der Waals surface area contributed by atoms with Gasteiger partial charge in [0.15, 0.2) is 5.17 Å². The van der Waals surface area contributed by atoms with E-state index in [1.165, 1.54) is 17.0 Å². The van der Waals surface area contributed by atoms with Gasteiger partial charge in [-0.15, -0.1) is 15.7 Å². The summed E-state index contributed by atoms with van der Waals surface area (Å²) < 4.78 is 29.3. The largest absolute Gasteiger partial charge is 0.378 e. The van der Waals surface area contributed by atoms with Crippen LogP contribution in [0, 0.1) is 0 Å². The third-order valence-electron chi connectivity index (χ3n) is 3.91. The van der Waals surface area contributed by atoms with Crippen molar-refractivity contribution in [2.75, 3.05) is 25.5 Å². The molecule has 0 N–H and O–H groups in total. The van der Waals surface area contributed by atoms with Crippen LogP contribution in [0.2, 0.25) is 4.34 Å². The van der Waals surface area contributed by atoms with Crippen LogP contribution in [0.3, 0.4) is 0 Å². The highest BCUT2D eigenvalue weighted by Crippen LogP contribution is 2.35. The Morgan fingerprint density at radius 1 is 1.18 bits per heavy atom. The van der Waals surface area contributed by atoms with Crippen LogP contribution in [-0.2, 0) is 14.8 Å². The maximum absolute atomic E-state index is 12.7. The first-order chi connectivity index (χ1) is 13.2. The van der Waals surface area contributed by atoms with E-state index in [9.17, 15) is 13.2 Å². The molecule has 0 spiro atoms. The molecule has 1 fully saturated rings. The number of carbonyl (C=O) groups is 1. The topological polar surface area (TPSA) is 70.1 Å². The van der Waals surface area contributed by atoms with Crippen molar-refractivity contribution in [3.8, 4) is 0 Å². The second kappa shape index (κ2) is 8.28. The molecule has 6 nitrogen and oxygen atoms in total. The van der Waals surface area contributed by atoms with Crippen LogP contribution >= 0.6 is 34.7 Å². The molecule has 2 aromatic rings. The summed E-state index contributed by atoms with van der Waals surface area (Å²) in [6.45, 7) is 2.10. The van der Waals surface area contributed by atoms with E-state index in [0.717, 1.165) is 34.3 Å². The monoisotopic (exact) mass is 455 g/mol. The van der Waals surface area contributed by atoms with Gasteiger partial charge in [0.05, 0.1) is 9.24 Å². The zero-order valence-corrected chi connectivity index (χ0v) is 18.6. The van der Waals surface area contributed by atoms with E-state index in [4.69, 9.17) is 11.6 Å². The van der Waals surface area contributed by atoms with E-state index in [1.54, 1.807) is 13.0 Å². The van der Waals surface area contributed by atoms with Gasteiger partial charge in [-0.25, -0.2) is 0 Å². The molecule has 0 atom stereocenters. The molecule has 0 aliphatic carbocycles. The molecule has 1 amide bonds. The molecule has 1 aromatic carbocycles. The number of hydrogen-bond acceptors (Lipinski definition) is 6. The molecule has 1 aromatic heterocycles. The van der Waals surface area contributed by atoms with Gasteiger partial charge in [-0.3, -0.25) is 9.69 Å². The van der Waals surface area contributed by atoms with Crippen LogP contribution in [0.5, 0.6) is 0 Å². The summed E-state index contributed by atoms with van der Waals surface area (Å²) >= 11 is 7.82. The predicted octanol–water partition coefficient (Wildman–Crippen LogP) is 4.15. The molecule has 0 unspecified atom stereocenters. The molecule has 3 rings (SSSR count). The first kappa shape index (κ1) is 20.9. The number of benzene rings is 1. The Morgan fingerprint density at radius 2 is 1.86 bits per heavy atom. The number of carbonyl (C=O) groups excluding carboxylic acids is 1. The first-order valence-electron chi connectivity index (χ1n) is 8.30. The summed E-state index contributed by atoms with van der Waals surface area (Å²) in [5.74, 6) is -0.262. The molecule has 0 saturated carbocycles. The Hall–Kier alpha value is -1.81. The third-order valence-corrected chi connectivity index (χ3v) is 8.00. The Labute approximate surface area is 177 Å². The minimum atomic E-state index is -3.93. The van der Waals surface area contributed by atoms with Gasteiger partial charge in [0.1, 0.15) is 4.21 Å². The number of hydrogen-bond donors (Lipinski definition) is 0. The Bertz CT molecular complexity index is 1060.